The molecule has 1 aliphatic rings. The molecule has 3 rings (SSSR count). The summed E-state index contributed by atoms with van der Waals surface area (Å²) in [5, 5.41) is 13.5. The fourth-order valence-corrected chi connectivity index (χ4v) is 2.76. The first-order valence-electron chi connectivity index (χ1n) is 8.70. The van der Waals surface area contributed by atoms with E-state index in [0.29, 0.717) is 18.7 Å². The molecule has 2 atom stereocenters. The Bertz CT molecular complexity index is 773. The molecule has 5 heteroatoms. The number of carbonyl (C=O) groups excluding carboxylic acids is 1. The maximum absolute atomic E-state index is 12.0. The Balaban J connectivity index is 1.44. The van der Waals surface area contributed by atoms with Gasteiger partial charge in [0.15, 0.2) is 17.3 Å². The van der Waals surface area contributed by atoms with Crippen LogP contribution in [-0.4, -0.2) is 30.3 Å². The molecule has 0 fully saturated rings. The zero-order valence-electron chi connectivity index (χ0n) is 14.7. The van der Waals surface area contributed by atoms with Gasteiger partial charge in [-0.15, -0.1) is 0 Å². The van der Waals surface area contributed by atoms with Gasteiger partial charge in [-0.3, -0.25) is 4.79 Å². The van der Waals surface area contributed by atoms with Crippen LogP contribution < -0.4 is 14.8 Å². The van der Waals surface area contributed by atoms with Crippen LogP contribution in [0.4, 0.5) is 0 Å². The van der Waals surface area contributed by atoms with Crippen molar-refractivity contribution in [2.75, 3.05) is 13.3 Å². The minimum Gasteiger partial charge on any atom is -0.454 e. The van der Waals surface area contributed by atoms with Gasteiger partial charge in [0.05, 0.1) is 6.10 Å². The molecule has 2 unspecified atom stereocenters. The Morgan fingerprint density at radius 3 is 2.77 bits per heavy atom. The normalized spacial score (nSPS) is 15.2. The summed E-state index contributed by atoms with van der Waals surface area (Å²) in [5.41, 5.74) is 1.75. The summed E-state index contributed by atoms with van der Waals surface area (Å²) in [4.78, 5) is 12.0. The maximum Gasteiger partial charge on any atom is 0.231 e. The molecule has 136 valence electrons. The molecular weight excluding hydrogens is 330 g/mol. The fourth-order valence-electron chi connectivity index (χ4n) is 2.76. The number of hydrogen-bond acceptors (Lipinski definition) is 5. The number of rotatable bonds is 8. The summed E-state index contributed by atoms with van der Waals surface area (Å²) in [6.07, 6.45) is 3.10. The standard InChI is InChI=1S/C21H23NO4/c1-15(21(24)17-5-3-2-4-6-17)22-12-11-18(23)9-7-16-8-10-19-20(13-16)26-14-25-19/h2-10,13,15,21-22,24H,11-12,14H2,1H3/b9-7+. The number of aliphatic hydroxyl groups excluding tert-OH is 1. The third kappa shape index (κ3) is 4.71. The molecule has 0 bridgehead atoms. The molecule has 1 aliphatic heterocycles. The van der Waals surface area contributed by atoms with E-state index in [4.69, 9.17) is 9.47 Å². The van der Waals surface area contributed by atoms with Crippen LogP contribution in [0.5, 0.6) is 11.5 Å². The van der Waals surface area contributed by atoms with Crippen molar-refractivity contribution in [1.82, 2.24) is 5.32 Å². The second-order valence-corrected chi connectivity index (χ2v) is 6.26. The number of ether oxygens (including phenoxy) is 2. The van der Waals surface area contributed by atoms with Crippen LogP contribution in [0.15, 0.2) is 54.6 Å². The van der Waals surface area contributed by atoms with E-state index in [1.54, 1.807) is 12.2 Å². The monoisotopic (exact) mass is 353 g/mol. The molecule has 2 N–H and O–H groups in total. The molecule has 0 aliphatic carbocycles. The molecule has 0 aromatic heterocycles. The van der Waals surface area contributed by atoms with Crippen molar-refractivity contribution < 1.29 is 19.4 Å². The maximum atomic E-state index is 12.0. The number of fused-ring (bicyclic) bond motifs is 1. The average Bonchev–Trinajstić information content (AvgIpc) is 3.14. The molecule has 26 heavy (non-hydrogen) atoms. The summed E-state index contributed by atoms with van der Waals surface area (Å²) in [6, 6.07) is 14.9. The quantitative estimate of drug-likeness (QED) is 0.714. The number of hydrogen-bond donors (Lipinski definition) is 2. The van der Waals surface area contributed by atoms with Gasteiger partial charge >= 0.3 is 0 Å². The fraction of sp³-hybridized carbons (Fsp3) is 0.286. The van der Waals surface area contributed by atoms with Gasteiger partial charge in [-0.05, 0) is 36.3 Å². The highest BCUT2D eigenvalue weighted by atomic mass is 16.7. The largest absolute Gasteiger partial charge is 0.454 e. The molecule has 0 saturated carbocycles. The van der Waals surface area contributed by atoms with Crippen LogP contribution in [0.2, 0.25) is 0 Å². The van der Waals surface area contributed by atoms with Crippen molar-refractivity contribution in [1.29, 1.82) is 0 Å². The van der Waals surface area contributed by atoms with Gasteiger partial charge in [-0.1, -0.05) is 42.5 Å². The average molecular weight is 353 g/mol. The number of nitrogens with one attached hydrogen (secondary N) is 1. The first-order chi connectivity index (χ1) is 12.6. The number of aliphatic hydroxyl groups is 1. The summed E-state index contributed by atoms with van der Waals surface area (Å²) < 4.78 is 10.6. The van der Waals surface area contributed by atoms with Crippen LogP contribution in [0.25, 0.3) is 6.08 Å². The summed E-state index contributed by atoms with van der Waals surface area (Å²) >= 11 is 0. The van der Waals surface area contributed by atoms with Crippen molar-refractivity contribution >= 4 is 11.9 Å². The Morgan fingerprint density at radius 1 is 1.19 bits per heavy atom. The second-order valence-electron chi connectivity index (χ2n) is 6.26. The molecule has 0 saturated heterocycles. The second kappa shape index (κ2) is 8.65. The predicted octanol–water partition coefficient (Wildman–Crippen LogP) is 3.10. The van der Waals surface area contributed by atoms with Crippen molar-refractivity contribution in [3.05, 3.63) is 65.7 Å². The van der Waals surface area contributed by atoms with E-state index >= 15 is 0 Å². The summed E-state index contributed by atoms with van der Waals surface area (Å²) in [6.45, 7) is 2.65. The van der Waals surface area contributed by atoms with Crippen molar-refractivity contribution in [2.24, 2.45) is 0 Å². The Morgan fingerprint density at radius 2 is 1.96 bits per heavy atom. The minimum absolute atomic E-state index is 0.0246. The Hall–Kier alpha value is -2.63. The molecular formula is C21H23NO4. The van der Waals surface area contributed by atoms with Gasteiger partial charge in [-0.2, -0.15) is 0 Å². The van der Waals surface area contributed by atoms with Crippen molar-refractivity contribution in [3.8, 4) is 11.5 Å². The lowest BCUT2D eigenvalue weighted by atomic mass is 10.0. The summed E-state index contributed by atoms with van der Waals surface area (Å²) in [5.74, 6) is 1.45. The number of ketones is 1. The smallest absolute Gasteiger partial charge is 0.231 e. The number of carbonyl (C=O) groups is 1. The molecule has 2 aromatic rings. The van der Waals surface area contributed by atoms with Crippen LogP contribution >= 0.6 is 0 Å². The summed E-state index contributed by atoms with van der Waals surface area (Å²) in [7, 11) is 0. The third-order valence-electron chi connectivity index (χ3n) is 4.31. The van der Waals surface area contributed by atoms with Crippen molar-refractivity contribution in [3.63, 3.8) is 0 Å². The zero-order chi connectivity index (χ0) is 18.4. The first kappa shape index (κ1) is 18.2. The van der Waals surface area contributed by atoms with Gasteiger partial charge in [0, 0.05) is 19.0 Å². The minimum atomic E-state index is -0.601. The lowest BCUT2D eigenvalue weighted by molar-refractivity contribution is -0.114. The van der Waals surface area contributed by atoms with Gasteiger partial charge < -0.3 is 19.9 Å². The van der Waals surface area contributed by atoms with Crippen LogP contribution in [0, 0.1) is 0 Å². The highest BCUT2D eigenvalue weighted by Gasteiger charge is 2.15. The Kier molecular flexibility index (Phi) is 6.04. The predicted molar refractivity (Wildman–Crippen MR) is 100 cm³/mol. The van der Waals surface area contributed by atoms with E-state index in [1.807, 2.05) is 55.5 Å². The molecule has 0 amide bonds. The third-order valence-corrected chi connectivity index (χ3v) is 4.31. The topological polar surface area (TPSA) is 67.8 Å². The molecule has 0 spiro atoms. The van der Waals surface area contributed by atoms with E-state index in [0.717, 1.165) is 16.9 Å². The molecule has 2 aromatic carbocycles. The van der Waals surface area contributed by atoms with Gasteiger partial charge in [0.2, 0.25) is 6.79 Å². The van der Waals surface area contributed by atoms with Crippen molar-refractivity contribution in [2.45, 2.75) is 25.5 Å². The number of allylic oxidation sites excluding steroid dienone is 1. The van der Waals surface area contributed by atoms with E-state index < -0.39 is 6.10 Å². The Labute approximate surface area is 153 Å². The highest BCUT2D eigenvalue weighted by molar-refractivity contribution is 5.93. The van der Waals surface area contributed by atoms with E-state index in [1.165, 1.54) is 0 Å². The van der Waals surface area contributed by atoms with E-state index in [-0.39, 0.29) is 18.6 Å². The number of benzene rings is 2. The van der Waals surface area contributed by atoms with Crippen LogP contribution in [0.1, 0.15) is 30.6 Å². The molecule has 1 heterocycles. The molecule has 5 nitrogen and oxygen atoms in total. The van der Waals surface area contributed by atoms with Gasteiger partial charge in [-0.25, -0.2) is 0 Å². The van der Waals surface area contributed by atoms with E-state index in [2.05, 4.69) is 5.32 Å². The SMILES string of the molecule is CC(NCCC(=O)/C=C/c1ccc2c(c1)OCO2)C(O)c1ccccc1. The lowest BCUT2D eigenvalue weighted by Gasteiger charge is -2.20. The first-order valence-corrected chi connectivity index (χ1v) is 8.70. The highest BCUT2D eigenvalue weighted by Crippen LogP contribution is 2.32. The van der Waals surface area contributed by atoms with Crippen LogP contribution in [-0.2, 0) is 4.79 Å². The molecule has 0 radical (unpaired) electrons. The zero-order valence-corrected chi connectivity index (χ0v) is 14.7. The van der Waals surface area contributed by atoms with E-state index in [9.17, 15) is 9.90 Å². The lowest BCUT2D eigenvalue weighted by Crippen LogP contribution is -2.33. The van der Waals surface area contributed by atoms with Gasteiger partial charge in [0.1, 0.15) is 0 Å². The van der Waals surface area contributed by atoms with Crippen LogP contribution in [0.3, 0.4) is 0 Å². The van der Waals surface area contributed by atoms with Gasteiger partial charge in [0.25, 0.3) is 0 Å².